The number of carbonyl (C=O) groups is 1. The van der Waals surface area contributed by atoms with E-state index in [1.54, 1.807) is 11.1 Å². The molecule has 0 radical (unpaired) electrons. The fourth-order valence-electron chi connectivity index (χ4n) is 3.05. The summed E-state index contributed by atoms with van der Waals surface area (Å²) in [6, 6.07) is 15.1. The van der Waals surface area contributed by atoms with E-state index in [0.717, 1.165) is 17.6 Å². The largest absolute Gasteiger partial charge is 0.353 e. The van der Waals surface area contributed by atoms with Crippen molar-refractivity contribution in [1.29, 1.82) is 0 Å². The van der Waals surface area contributed by atoms with Gasteiger partial charge < -0.3 is 9.80 Å². The van der Waals surface area contributed by atoms with Crippen molar-refractivity contribution in [2.75, 3.05) is 43.9 Å². The monoisotopic (exact) mass is 388 g/mol. The van der Waals surface area contributed by atoms with Crippen LogP contribution in [0.1, 0.15) is 5.56 Å². The number of carbonyl (C=O) groups excluding carboxylic acids is 1. The lowest BCUT2D eigenvalue weighted by Crippen LogP contribution is -2.51. The Morgan fingerprint density at radius 1 is 1.04 bits per heavy atom. The lowest BCUT2D eigenvalue weighted by atomic mass is 10.2. The number of hydrogen-bond donors (Lipinski definition) is 0. The van der Waals surface area contributed by atoms with Crippen LogP contribution in [0.4, 0.5) is 5.82 Å². The summed E-state index contributed by atoms with van der Waals surface area (Å²) in [6.07, 6.45) is 2.89. The molecular formula is C19H24N4O3S. The van der Waals surface area contributed by atoms with Gasteiger partial charge in [0.15, 0.2) is 0 Å². The fourth-order valence-corrected chi connectivity index (χ4v) is 3.78. The molecule has 0 bridgehead atoms. The van der Waals surface area contributed by atoms with Gasteiger partial charge >= 0.3 is 0 Å². The molecular weight excluding hydrogens is 364 g/mol. The van der Waals surface area contributed by atoms with E-state index >= 15 is 0 Å². The second kappa shape index (κ2) is 8.49. The van der Waals surface area contributed by atoms with E-state index in [0.29, 0.717) is 26.2 Å². The number of benzene rings is 1. The smallest absolute Gasteiger partial charge is 0.238 e. The number of hydrogen-bond acceptors (Lipinski definition) is 5. The zero-order valence-corrected chi connectivity index (χ0v) is 16.2. The van der Waals surface area contributed by atoms with Crippen LogP contribution in [0.3, 0.4) is 0 Å². The minimum Gasteiger partial charge on any atom is -0.353 e. The van der Waals surface area contributed by atoms with Crippen molar-refractivity contribution in [2.45, 2.75) is 6.54 Å². The summed E-state index contributed by atoms with van der Waals surface area (Å²) in [5.74, 6) is 0.725. The fraction of sp³-hybridized carbons (Fsp3) is 0.368. The Kier molecular flexibility index (Phi) is 6.08. The minimum absolute atomic E-state index is 0.142. The van der Waals surface area contributed by atoms with Crippen molar-refractivity contribution in [3.8, 4) is 0 Å². The van der Waals surface area contributed by atoms with Crippen LogP contribution in [-0.4, -0.2) is 67.5 Å². The first-order chi connectivity index (χ1) is 12.9. The predicted molar refractivity (Wildman–Crippen MR) is 105 cm³/mol. The minimum atomic E-state index is -3.49. The summed E-state index contributed by atoms with van der Waals surface area (Å²) in [4.78, 5) is 20.9. The molecule has 0 saturated carbocycles. The zero-order chi connectivity index (χ0) is 19.3. The molecule has 0 aliphatic carbocycles. The molecule has 1 saturated heterocycles. The molecule has 1 aromatic heterocycles. The summed E-state index contributed by atoms with van der Waals surface area (Å²) < 4.78 is 25.5. The summed E-state index contributed by atoms with van der Waals surface area (Å²) in [6.45, 7) is 2.52. The third kappa shape index (κ3) is 5.27. The summed E-state index contributed by atoms with van der Waals surface area (Å²) >= 11 is 0. The quantitative estimate of drug-likeness (QED) is 0.743. The highest BCUT2D eigenvalue weighted by molar-refractivity contribution is 7.88. The normalized spacial score (nSPS) is 15.2. The molecule has 27 heavy (non-hydrogen) atoms. The van der Waals surface area contributed by atoms with Gasteiger partial charge in [-0.05, 0) is 17.7 Å². The molecule has 2 aromatic rings. The molecule has 0 spiro atoms. The topological polar surface area (TPSA) is 73.8 Å². The number of piperazine rings is 1. The van der Waals surface area contributed by atoms with E-state index in [1.807, 2.05) is 48.5 Å². The molecule has 7 nitrogen and oxygen atoms in total. The molecule has 1 aliphatic heterocycles. The number of aromatic nitrogens is 1. The van der Waals surface area contributed by atoms with E-state index in [1.165, 1.54) is 4.31 Å². The van der Waals surface area contributed by atoms with E-state index in [-0.39, 0.29) is 19.0 Å². The number of nitrogens with zero attached hydrogens (tertiary/aromatic N) is 4. The second-order valence-electron chi connectivity index (χ2n) is 6.57. The number of amides is 1. The van der Waals surface area contributed by atoms with Gasteiger partial charge in [0.25, 0.3) is 0 Å². The Balaban J connectivity index is 1.60. The Morgan fingerprint density at radius 2 is 1.70 bits per heavy atom. The molecule has 3 rings (SSSR count). The number of anilines is 1. The second-order valence-corrected chi connectivity index (χ2v) is 8.55. The van der Waals surface area contributed by atoms with Crippen molar-refractivity contribution < 1.29 is 13.2 Å². The maximum atomic E-state index is 12.7. The number of pyridine rings is 1. The highest BCUT2D eigenvalue weighted by Crippen LogP contribution is 2.14. The van der Waals surface area contributed by atoms with Crippen molar-refractivity contribution in [3.05, 3.63) is 60.3 Å². The highest BCUT2D eigenvalue weighted by atomic mass is 32.2. The van der Waals surface area contributed by atoms with Gasteiger partial charge in [-0.2, -0.15) is 4.31 Å². The Hall–Kier alpha value is -2.45. The standard InChI is InChI=1S/C19H24N4O3S/c1-27(25,26)23(15-17-7-3-2-4-8-17)16-19(24)22-13-11-21(12-14-22)18-9-5-6-10-20-18/h2-10H,11-16H2,1H3. The Bertz CT molecular complexity index is 851. The van der Waals surface area contributed by atoms with Crippen LogP contribution in [0.25, 0.3) is 0 Å². The van der Waals surface area contributed by atoms with E-state index in [2.05, 4.69) is 9.88 Å². The van der Waals surface area contributed by atoms with Gasteiger partial charge in [0.1, 0.15) is 5.82 Å². The molecule has 2 heterocycles. The highest BCUT2D eigenvalue weighted by Gasteiger charge is 2.26. The predicted octanol–water partition coefficient (Wildman–Crippen LogP) is 1.19. The molecule has 1 amide bonds. The van der Waals surface area contributed by atoms with Gasteiger partial charge in [-0.1, -0.05) is 36.4 Å². The van der Waals surface area contributed by atoms with Crippen LogP contribution in [0.5, 0.6) is 0 Å². The Labute approximate surface area is 160 Å². The van der Waals surface area contributed by atoms with E-state index < -0.39 is 10.0 Å². The first kappa shape index (κ1) is 19.3. The molecule has 144 valence electrons. The molecule has 1 fully saturated rings. The van der Waals surface area contributed by atoms with E-state index in [4.69, 9.17) is 0 Å². The van der Waals surface area contributed by atoms with Crippen LogP contribution < -0.4 is 4.90 Å². The third-order valence-electron chi connectivity index (χ3n) is 4.59. The van der Waals surface area contributed by atoms with Crippen molar-refractivity contribution >= 4 is 21.7 Å². The molecule has 1 aliphatic rings. The SMILES string of the molecule is CS(=O)(=O)N(CC(=O)N1CCN(c2ccccn2)CC1)Cc1ccccc1. The molecule has 8 heteroatoms. The van der Waals surface area contributed by atoms with Gasteiger partial charge in [0.05, 0.1) is 12.8 Å². The molecule has 1 aromatic carbocycles. The number of sulfonamides is 1. The lowest BCUT2D eigenvalue weighted by Gasteiger charge is -2.36. The lowest BCUT2D eigenvalue weighted by molar-refractivity contribution is -0.131. The zero-order valence-electron chi connectivity index (χ0n) is 15.4. The van der Waals surface area contributed by atoms with Gasteiger partial charge in [0, 0.05) is 38.9 Å². The maximum Gasteiger partial charge on any atom is 0.238 e. The van der Waals surface area contributed by atoms with Gasteiger partial charge in [-0.3, -0.25) is 4.79 Å². The van der Waals surface area contributed by atoms with E-state index in [9.17, 15) is 13.2 Å². The molecule has 0 unspecified atom stereocenters. The first-order valence-electron chi connectivity index (χ1n) is 8.86. The van der Waals surface area contributed by atoms with Crippen LogP contribution in [0, 0.1) is 0 Å². The summed E-state index contributed by atoms with van der Waals surface area (Å²) in [5, 5.41) is 0. The third-order valence-corrected chi connectivity index (χ3v) is 5.78. The summed E-state index contributed by atoms with van der Waals surface area (Å²) in [5.41, 5.74) is 0.857. The first-order valence-corrected chi connectivity index (χ1v) is 10.7. The molecule has 0 atom stereocenters. The van der Waals surface area contributed by atoms with Crippen molar-refractivity contribution in [3.63, 3.8) is 0 Å². The average molecular weight is 388 g/mol. The molecule has 0 N–H and O–H groups in total. The average Bonchev–Trinajstić information content (AvgIpc) is 2.68. The van der Waals surface area contributed by atoms with Crippen LogP contribution in [0.2, 0.25) is 0 Å². The maximum absolute atomic E-state index is 12.7. The van der Waals surface area contributed by atoms with Crippen LogP contribution in [-0.2, 0) is 21.4 Å². The number of rotatable bonds is 6. The Morgan fingerprint density at radius 3 is 2.30 bits per heavy atom. The van der Waals surface area contributed by atoms with Crippen molar-refractivity contribution in [2.24, 2.45) is 0 Å². The van der Waals surface area contributed by atoms with Crippen molar-refractivity contribution in [1.82, 2.24) is 14.2 Å². The van der Waals surface area contributed by atoms with Crippen LogP contribution in [0.15, 0.2) is 54.7 Å². The van der Waals surface area contributed by atoms with Crippen LogP contribution >= 0.6 is 0 Å². The summed E-state index contributed by atoms with van der Waals surface area (Å²) in [7, 11) is -3.49. The van der Waals surface area contributed by atoms with Gasteiger partial charge in [0.2, 0.25) is 15.9 Å². The van der Waals surface area contributed by atoms with Gasteiger partial charge in [-0.15, -0.1) is 0 Å². The van der Waals surface area contributed by atoms with Gasteiger partial charge in [-0.25, -0.2) is 13.4 Å².